The van der Waals surface area contributed by atoms with Crippen molar-refractivity contribution in [3.63, 3.8) is 0 Å². The van der Waals surface area contributed by atoms with Gasteiger partial charge in [-0.05, 0) is 24.0 Å². The van der Waals surface area contributed by atoms with Gasteiger partial charge in [0.05, 0.1) is 5.56 Å². The monoisotopic (exact) mass is 276 g/mol. The largest absolute Gasteiger partial charge is 0.367 e. The highest BCUT2D eigenvalue weighted by molar-refractivity contribution is 5.77. The molecule has 3 aromatic rings. The molecule has 0 unspecified atom stereocenters. The van der Waals surface area contributed by atoms with Gasteiger partial charge in [-0.1, -0.05) is 65.8 Å². The number of nitrogen functional groups attached to an aromatic ring is 1. The quantitative estimate of drug-likeness (QED) is 0.786. The van der Waals surface area contributed by atoms with E-state index in [0.717, 1.165) is 29.7 Å². The predicted molar refractivity (Wildman–Crippen MR) is 82.8 cm³/mol. The molecule has 2 aromatic carbocycles. The molecule has 0 radical (unpaired) electrons. The van der Waals surface area contributed by atoms with Crippen LogP contribution in [0.3, 0.4) is 0 Å². The number of aromatic nitrogens is 1. The minimum absolute atomic E-state index is 0.0342. The van der Waals surface area contributed by atoms with Crippen LogP contribution in [0.25, 0.3) is 11.1 Å². The fourth-order valence-corrected chi connectivity index (χ4v) is 3.06. The van der Waals surface area contributed by atoms with Gasteiger partial charge in [-0.15, -0.1) is 0 Å². The third kappa shape index (κ3) is 1.85. The van der Waals surface area contributed by atoms with E-state index in [1.54, 1.807) is 0 Å². The van der Waals surface area contributed by atoms with Gasteiger partial charge < -0.3 is 10.3 Å². The van der Waals surface area contributed by atoms with E-state index in [9.17, 15) is 0 Å². The van der Waals surface area contributed by atoms with E-state index in [-0.39, 0.29) is 5.41 Å². The summed E-state index contributed by atoms with van der Waals surface area (Å²) in [7, 11) is 0. The molecule has 1 heterocycles. The molecule has 1 aliphatic carbocycles. The summed E-state index contributed by atoms with van der Waals surface area (Å²) < 4.78 is 5.33. The molecule has 4 rings (SSSR count). The lowest BCUT2D eigenvalue weighted by Gasteiger charge is -2.14. The maximum Gasteiger partial charge on any atom is 0.230 e. The maximum atomic E-state index is 6.05. The molecule has 1 fully saturated rings. The lowest BCUT2D eigenvalue weighted by Crippen LogP contribution is -2.10. The van der Waals surface area contributed by atoms with Gasteiger partial charge in [0.25, 0.3) is 0 Å². The molecule has 0 aliphatic heterocycles. The first kappa shape index (κ1) is 12.2. The summed E-state index contributed by atoms with van der Waals surface area (Å²) in [5.41, 5.74) is 10.3. The van der Waals surface area contributed by atoms with Gasteiger partial charge in [-0.25, -0.2) is 0 Å². The SMILES string of the molecule is Nc1onc(C2(c3ccccc3)CC2)c1-c1ccccc1. The van der Waals surface area contributed by atoms with E-state index in [2.05, 4.69) is 29.4 Å². The fourth-order valence-electron chi connectivity index (χ4n) is 3.06. The molecule has 0 atom stereocenters. The first-order valence-electron chi connectivity index (χ1n) is 7.18. The van der Waals surface area contributed by atoms with Gasteiger partial charge in [-0.3, -0.25) is 0 Å². The van der Waals surface area contributed by atoms with Crippen LogP contribution in [0.1, 0.15) is 24.1 Å². The van der Waals surface area contributed by atoms with Gasteiger partial charge >= 0.3 is 0 Å². The number of nitrogens with two attached hydrogens (primary N) is 1. The summed E-state index contributed by atoms with van der Waals surface area (Å²) >= 11 is 0. The standard InChI is InChI=1S/C18H16N2O/c19-17-15(13-7-3-1-4-8-13)16(20-21-17)18(11-12-18)14-9-5-2-6-10-14/h1-10H,11-12,19H2. The molecule has 0 amide bonds. The maximum absolute atomic E-state index is 6.05. The number of benzene rings is 2. The normalized spacial score (nSPS) is 15.8. The van der Waals surface area contributed by atoms with Crippen LogP contribution in [0, 0.1) is 0 Å². The van der Waals surface area contributed by atoms with Crippen molar-refractivity contribution < 1.29 is 4.52 Å². The van der Waals surface area contributed by atoms with Crippen molar-refractivity contribution in [2.45, 2.75) is 18.3 Å². The van der Waals surface area contributed by atoms with Crippen molar-refractivity contribution >= 4 is 5.88 Å². The Kier molecular flexibility index (Phi) is 2.61. The number of rotatable bonds is 3. The van der Waals surface area contributed by atoms with E-state index < -0.39 is 0 Å². The van der Waals surface area contributed by atoms with E-state index in [1.807, 2.05) is 36.4 Å². The van der Waals surface area contributed by atoms with Crippen LogP contribution in [0.4, 0.5) is 5.88 Å². The highest BCUT2D eigenvalue weighted by Gasteiger charge is 2.50. The summed E-state index contributed by atoms with van der Waals surface area (Å²) in [5, 5.41) is 4.30. The summed E-state index contributed by atoms with van der Waals surface area (Å²) in [4.78, 5) is 0. The highest BCUT2D eigenvalue weighted by atomic mass is 16.5. The molecule has 104 valence electrons. The third-order valence-electron chi connectivity index (χ3n) is 4.31. The third-order valence-corrected chi connectivity index (χ3v) is 4.31. The Bertz CT molecular complexity index is 758. The molecular formula is C18H16N2O. The van der Waals surface area contributed by atoms with Gasteiger partial charge in [-0.2, -0.15) is 0 Å². The van der Waals surface area contributed by atoms with Crippen molar-refractivity contribution in [3.8, 4) is 11.1 Å². The van der Waals surface area contributed by atoms with Crippen LogP contribution in [0.2, 0.25) is 0 Å². The Morgan fingerprint density at radius 1 is 0.905 bits per heavy atom. The van der Waals surface area contributed by atoms with Crippen LogP contribution in [-0.4, -0.2) is 5.16 Å². The Balaban J connectivity index is 1.88. The molecule has 2 N–H and O–H groups in total. The second kappa shape index (κ2) is 4.48. The molecular weight excluding hydrogens is 260 g/mol. The van der Waals surface area contributed by atoms with Crippen LogP contribution >= 0.6 is 0 Å². The van der Waals surface area contributed by atoms with Gasteiger partial charge in [0.1, 0.15) is 5.69 Å². The van der Waals surface area contributed by atoms with Gasteiger partial charge in [0.15, 0.2) is 0 Å². The lowest BCUT2D eigenvalue weighted by molar-refractivity contribution is 0.422. The fraction of sp³-hybridized carbons (Fsp3) is 0.167. The van der Waals surface area contributed by atoms with E-state index in [4.69, 9.17) is 10.3 Å². The average molecular weight is 276 g/mol. The van der Waals surface area contributed by atoms with Crippen LogP contribution in [0.5, 0.6) is 0 Å². The minimum atomic E-state index is -0.0342. The molecule has 21 heavy (non-hydrogen) atoms. The lowest BCUT2D eigenvalue weighted by atomic mass is 9.88. The van der Waals surface area contributed by atoms with Crippen LogP contribution in [0.15, 0.2) is 65.2 Å². The number of anilines is 1. The zero-order valence-electron chi connectivity index (χ0n) is 11.6. The van der Waals surface area contributed by atoms with Crippen molar-refractivity contribution in [1.82, 2.24) is 5.16 Å². The molecule has 0 bridgehead atoms. The van der Waals surface area contributed by atoms with Crippen molar-refractivity contribution in [3.05, 3.63) is 71.9 Å². The second-order valence-electron chi connectivity index (χ2n) is 5.58. The van der Waals surface area contributed by atoms with Gasteiger partial charge in [0.2, 0.25) is 5.88 Å². The first-order chi connectivity index (χ1) is 10.3. The summed E-state index contributed by atoms with van der Waals surface area (Å²) in [6.45, 7) is 0. The Morgan fingerprint density at radius 2 is 1.52 bits per heavy atom. The smallest absolute Gasteiger partial charge is 0.230 e. The van der Waals surface area contributed by atoms with E-state index >= 15 is 0 Å². The molecule has 3 nitrogen and oxygen atoms in total. The highest BCUT2D eigenvalue weighted by Crippen LogP contribution is 2.56. The summed E-state index contributed by atoms with van der Waals surface area (Å²) in [5.74, 6) is 0.401. The molecule has 0 spiro atoms. The Labute approximate surface area is 123 Å². The number of hydrogen-bond acceptors (Lipinski definition) is 3. The Hall–Kier alpha value is -2.55. The predicted octanol–water partition coefficient (Wildman–Crippen LogP) is 4.00. The van der Waals surface area contributed by atoms with Crippen LogP contribution < -0.4 is 5.73 Å². The summed E-state index contributed by atoms with van der Waals surface area (Å²) in [6.07, 6.45) is 2.17. The van der Waals surface area contributed by atoms with Gasteiger partial charge in [0, 0.05) is 5.41 Å². The summed E-state index contributed by atoms with van der Waals surface area (Å²) in [6, 6.07) is 20.6. The van der Waals surface area contributed by atoms with Crippen LogP contribution in [-0.2, 0) is 5.41 Å². The molecule has 3 heteroatoms. The van der Waals surface area contributed by atoms with Crippen molar-refractivity contribution in [2.24, 2.45) is 0 Å². The zero-order valence-corrected chi connectivity index (χ0v) is 11.6. The van der Waals surface area contributed by atoms with Crippen molar-refractivity contribution in [2.75, 3.05) is 5.73 Å². The van der Waals surface area contributed by atoms with Crippen molar-refractivity contribution in [1.29, 1.82) is 0 Å². The average Bonchev–Trinajstić information content (AvgIpc) is 3.26. The van der Waals surface area contributed by atoms with E-state index in [0.29, 0.717) is 5.88 Å². The molecule has 1 aliphatic rings. The first-order valence-corrected chi connectivity index (χ1v) is 7.18. The second-order valence-corrected chi connectivity index (χ2v) is 5.58. The zero-order chi connectivity index (χ0) is 14.3. The molecule has 0 saturated heterocycles. The number of hydrogen-bond donors (Lipinski definition) is 1. The number of nitrogens with zero attached hydrogens (tertiary/aromatic N) is 1. The van der Waals surface area contributed by atoms with E-state index in [1.165, 1.54) is 5.56 Å². The molecule has 1 aromatic heterocycles. The molecule has 1 saturated carbocycles. The Morgan fingerprint density at radius 3 is 2.14 bits per heavy atom. The topological polar surface area (TPSA) is 52.0 Å². The minimum Gasteiger partial charge on any atom is -0.367 e.